The molecule has 21 heavy (non-hydrogen) atoms. The van der Waals surface area contributed by atoms with E-state index in [0.717, 1.165) is 22.4 Å². The van der Waals surface area contributed by atoms with E-state index >= 15 is 0 Å². The van der Waals surface area contributed by atoms with Crippen LogP contribution in [0.1, 0.15) is 37.0 Å². The number of anilines is 1. The molecule has 0 aliphatic rings. The van der Waals surface area contributed by atoms with E-state index < -0.39 is 12.0 Å². The van der Waals surface area contributed by atoms with Crippen molar-refractivity contribution in [2.24, 2.45) is 5.92 Å². The molecule has 0 spiro atoms. The highest BCUT2D eigenvalue weighted by Gasteiger charge is 2.20. The molecule has 1 aromatic rings. The Morgan fingerprint density at radius 2 is 1.67 bits per heavy atom. The van der Waals surface area contributed by atoms with Crippen molar-refractivity contribution in [3.05, 3.63) is 28.8 Å². The van der Waals surface area contributed by atoms with Gasteiger partial charge in [0.25, 0.3) is 0 Å². The lowest BCUT2D eigenvalue weighted by molar-refractivity contribution is -0.137. The smallest absolute Gasteiger partial charge is 0.319 e. The minimum Gasteiger partial charge on any atom is -0.481 e. The van der Waals surface area contributed by atoms with Crippen LogP contribution in [0.25, 0.3) is 0 Å². The number of aliphatic carboxylic acids is 1. The molecular weight excluding hydrogens is 268 g/mol. The van der Waals surface area contributed by atoms with E-state index in [-0.39, 0.29) is 18.4 Å². The molecule has 5 heteroatoms. The number of rotatable bonds is 5. The average molecular weight is 292 g/mol. The molecule has 0 aromatic heterocycles. The molecule has 0 aliphatic carbocycles. The predicted octanol–water partition coefficient (Wildman–Crippen LogP) is 3.23. The highest BCUT2D eigenvalue weighted by atomic mass is 16.4. The molecule has 1 aromatic carbocycles. The number of carboxylic acids is 1. The lowest BCUT2D eigenvalue weighted by atomic mass is 10.0. The molecule has 0 bridgehead atoms. The van der Waals surface area contributed by atoms with Crippen LogP contribution in [0.3, 0.4) is 0 Å². The number of benzene rings is 1. The van der Waals surface area contributed by atoms with Gasteiger partial charge in [-0.3, -0.25) is 4.79 Å². The van der Waals surface area contributed by atoms with Gasteiger partial charge in [-0.25, -0.2) is 4.79 Å². The molecular formula is C16H24N2O3. The Balaban J connectivity index is 2.79. The zero-order chi connectivity index (χ0) is 16.2. The van der Waals surface area contributed by atoms with Crippen LogP contribution in [0.15, 0.2) is 12.1 Å². The fourth-order valence-electron chi connectivity index (χ4n) is 2.34. The van der Waals surface area contributed by atoms with Crippen molar-refractivity contribution < 1.29 is 14.7 Å². The van der Waals surface area contributed by atoms with E-state index in [1.165, 1.54) is 0 Å². The molecule has 1 rings (SSSR count). The molecule has 0 aliphatic heterocycles. The highest BCUT2D eigenvalue weighted by molar-refractivity contribution is 5.91. The molecule has 116 valence electrons. The van der Waals surface area contributed by atoms with Gasteiger partial charge in [-0.2, -0.15) is 0 Å². The van der Waals surface area contributed by atoms with Crippen molar-refractivity contribution in [2.75, 3.05) is 5.32 Å². The van der Waals surface area contributed by atoms with Gasteiger partial charge in [-0.1, -0.05) is 31.5 Å². The second-order valence-electron chi connectivity index (χ2n) is 5.82. The summed E-state index contributed by atoms with van der Waals surface area (Å²) in [5.74, 6) is -0.872. The van der Waals surface area contributed by atoms with E-state index in [0.29, 0.717) is 0 Å². The maximum atomic E-state index is 12.1. The zero-order valence-corrected chi connectivity index (χ0v) is 13.3. The molecule has 1 atom stereocenters. The number of amides is 2. The third-order valence-corrected chi connectivity index (χ3v) is 3.43. The van der Waals surface area contributed by atoms with Crippen LogP contribution in [-0.2, 0) is 4.79 Å². The number of carbonyl (C=O) groups excluding carboxylic acids is 1. The SMILES string of the molecule is Cc1cc(C)c(NC(=O)NC(CC(=O)O)C(C)C)c(C)c1. The van der Waals surface area contributed by atoms with Crippen LogP contribution >= 0.6 is 0 Å². The number of carbonyl (C=O) groups is 2. The molecule has 0 heterocycles. The van der Waals surface area contributed by atoms with Crippen LogP contribution in [-0.4, -0.2) is 23.1 Å². The van der Waals surface area contributed by atoms with Gasteiger partial charge >= 0.3 is 12.0 Å². The maximum Gasteiger partial charge on any atom is 0.319 e. The summed E-state index contributed by atoms with van der Waals surface area (Å²) in [6.07, 6.45) is -0.0864. The average Bonchev–Trinajstić information content (AvgIpc) is 2.32. The van der Waals surface area contributed by atoms with E-state index in [1.54, 1.807) is 0 Å². The van der Waals surface area contributed by atoms with Gasteiger partial charge in [0, 0.05) is 11.7 Å². The third-order valence-electron chi connectivity index (χ3n) is 3.43. The standard InChI is InChI=1S/C16H24N2O3/c1-9(2)13(8-14(19)20)17-16(21)18-15-11(4)6-10(3)7-12(15)5/h6-7,9,13H,8H2,1-5H3,(H,19,20)(H2,17,18,21). The van der Waals surface area contributed by atoms with E-state index in [9.17, 15) is 9.59 Å². The van der Waals surface area contributed by atoms with Crippen LogP contribution < -0.4 is 10.6 Å². The first-order valence-corrected chi connectivity index (χ1v) is 7.08. The summed E-state index contributed by atoms with van der Waals surface area (Å²) in [5, 5.41) is 14.4. The van der Waals surface area contributed by atoms with E-state index in [4.69, 9.17) is 5.11 Å². The number of urea groups is 1. The van der Waals surface area contributed by atoms with Gasteiger partial charge in [-0.15, -0.1) is 0 Å². The van der Waals surface area contributed by atoms with Gasteiger partial charge in [0.15, 0.2) is 0 Å². The van der Waals surface area contributed by atoms with E-state index in [2.05, 4.69) is 10.6 Å². The molecule has 3 N–H and O–H groups in total. The Hall–Kier alpha value is -2.04. The van der Waals surface area contributed by atoms with Gasteiger partial charge < -0.3 is 15.7 Å². The summed E-state index contributed by atoms with van der Waals surface area (Å²) in [6, 6.07) is 3.23. The zero-order valence-electron chi connectivity index (χ0n) is 13.3. The lowest BCUT2D eigenvalue weighted by Gasteiger charge is -2.22. The minimum atomic E-state index is -0.920. The van der Waals surface area contributed by atoms with Gasteiger partial charge in [-0.05, 0) is 37.8 Å². The molecule has 0 saturated carbocycles. The Labute approximate surface area is 125 Å². The Bertz CT molecular complexity index is 515. The maximum absolute atomic E-state index is 12.1. The van der Waals surface area contributed by atoms with Crippen LogP contribution in [0.4, 0.5) is 10.5 Å². The first kappa shape index (κ1) is 17.0. The Morgan fingerprint density at radius 3 is 2.10 bits per heavy atom. The number of hydrogen-bond donors (Lipinski definition) is 3. The molecule has 1 unspecified atom stereocenters. The fraction of sp³-hybridized carbons (Fsp3) is 0.500. The van der Waals surface area contributed by atoms with Crippen LogP contribution in [0.2, 0.25) is 0 Å². The summed E-state index contributed by atoms with van der Waals surface area (Å²) in [6.45, 7) is 9.65. The largest absolute Gasteiger partial charge is 0.481 e. The number of carboxylic acid groups (broad SMARTS) is 1. The first-order chi connectivity index (χ1) is 9.70. The summed E-state index contributed by atoms with van der Waals surface area (Å²) in [7, 11) is 0. The van der Waals surface area contributed by atoms with Gasteiger partial charge in [0.1, 0.15) is 0 Å². The number of aryl methyl sites for hydroxylation is 3. The molecule has 0 saturated heterocycles. The quantitative estimate of drug-likeness (QED) is 0.779. The fourth-order valence-corrected chi connectivity index (χ4v) is 2.34. The highest BCUT2D eigenvalue weighted by Crippen LogP contribution is 2.21. The van der Waals surface area contributed by atoms with Crippen LogP contribution in [0, 0.1) is 26.7 Å². The minimum absolute atomic E-state index is 0.0482. The Morgan fingerprint density at radius 1 is 1.14 bits per heavy atom. The molecule has 5 nitrogen and oxygen atoms in total. The molecule has 0 radical (unpaired) electrons. The summed E-state index contributed by atoms with van der Waals surface area (Å²) in [5.41, 5.74) is 3.89. The monoisotopic (exact) mass is 292 g/mol. The topological polar surface area (TPSA) is 78.4 Å². The first-order valence-electron chi connectivity index (χ1n) is 7.08. The predicted molar refractivity (Wildman–Crippen MR) is 83.7 cm³/mol. The van der Waals surface area contributed by atoms with Crippen LogP contribution in [0.5, 0.6) is 0 Å². The summed E-state index contributed by atoms with van der Waals surface area (Å²) < 4.78 is 0. The van der Waals surface area contributed by atoms with Gasteiger partial charge in [0.2, 0.25) is 0 Å². The summed E-state index contributed by atoms with van der Waals surface area (Å²) >= 11 is 0. The van der Waals surface area contributed by atoms with Crippen molar-refractivity contribution in [3.63, 3.8) is 0 Å². The summed E-state index contributed by atoms with van der Waals surface area (Å²) in [4.78, 5) is 22.9. The lowest BCUT2D eigenvalue weighted by Crippen LogP contribution is -2.42. The van der Waals surface area contributed by atoms with E-state index in [1.807, 2.05) is 46.8 Å². The molecule has 2 amide bonds. The van der Waals surface area contributed by atoms with Crippen molar-refractivity contribution in [1.29, 1.82) is 0 Å². The van der Waals surface area contributed by atoms with Gasteiger partial charge in [0.05, 0.1) is 6.42 Å². The molecule has 0 fully saturated rings. The van der Waals surface area contributed by atoms with Crippen molar-refractivity contribution in [2.45, 2.75) is 47.1 Å². The third kappa shape index (κ3) is 5.10. The Kier molecular flexibility index (Phi) is 5.76. The normalized spacial score (nSPS) is 12.1. The number of nitrogens with one attached hydrogen (secondary N) is 2. The van der Waals surface area contributed by atoms with Crippen molar-refractivity contribution in [3.8, 4) is 0 Å². The van der Waals surface area contributed by atoms with Crippen molar-refractivity contribution >= 4 is 17.7 Å². The second kappa shape index (κ2) is 7.11. The van der Waals surface area contributed by atoms with Crippen molar-refractivity contribution in [1.82, 2.24) is 5.32 Å². The number of hydrogen-bond acceptors (Lipinski definition) is 2. The second-order valence-corrected chi connectivity index (χ2v) is 5.82.